The molecule has 1 amide bonds. The number of nitro groups is 1. The minimum Gasteiger partial charge on any atom is -0.399 e. The van der Waals surface area contributed by atoms with Crippen molar-refractivity contribution in [2.45, 2.75) is 18.2 Å². The van der Waals surface area contributed by atoms with E-state index >= 15 is 0 Å². The minimum absolute atomic E-state index is 0.0597. The predicted octanol–water partition coefficient (Wildman–Crippen LogP) is -0.0185. The van der Waals surface area contributed by atoms with Gasteiger partial charge in [0, 0.05) is 31.3 Å². The van der Waals surface area contributed by atoms with Crippen molar-refractivity contribution >= 4 is 27.3 Å². The van der Waals surface area contributed by atoms with Gasteiger partial charge in [-0.15, -0.1) is 0 Å². The zero-order valence-corrected chi connectivity index (χ0v) is 12.1. The highest BCUT2D eigenvalue weighted by Gasteiger charge is 2.25. The number of anilines is 1. The molecule has 0 aliphatic carbocycles. The van der Waals surface area contributed by atoms with Gasteiger partial charge >= 0.3 is 0 Å². The third kappa shape index (κ3) is 4.68. The van der Waals surface area contributed by atoms with E-state index in [1.807, 2.05) is 0 Å². The van der Waals surface area contributed by atoms with Gasteiger partial charge in [0.2, 0.25) is 15.9 Å². The highest BCUT2D eigenvalue weighted by Crippen LogP contribution is 2.25. The molecule has 0 fully saturated rings. The molecule has 1 aromatic carbocycles. The molecular formula is C11H16N4O5S. The largest absolute Gasteiger partial charge is 0.399 e. The number of carbonyl (C=O) groups excluding carboxylic acids is 1. The number of benzene rings is 1. The maximum Gasteiger partial charge on any atom is 0.291 e. The Labute approximate surface area is 121 Å². The first kappa shape index (κ1) is 16.9. The Morgan fingerprint density at radius 1 is 1.43 bits per heavy atom. The second kappa shape index (κ2) is 6.99. The van der Waals surface area contributed by atoms with Gasteiger partial charge in [-0.05, 0) is 19.1 Å². The summed E-state index contributed by atoms with van der Waals surface area (Å²) < 4.78 is 26.2. The molecule has 0 aromatic heterocycles. The summed E-state index contributed by atoms with van der Waals surface area (Å²) in [6.45, 7) is 2.02. The molecule has 116 valence electrons. The smallest absolute Gasteiger partial charge is 0.291 e. The lowest BCUT2D eigenvalue weighted by Crippen LogP contribution is -2.31. The number of hydrogen-bond acceptors (Lipinski definition) is 6. The number of amides is 1. The first-order valence-corrected chi connectivity index (χ1v) is 7.56. The van der Waals surface area contributed by atoms with Gasteiger partial charge in [0.1, 0.15) is 0 Å². The molecule has 10 heteroatoms. The third-order valence-corrected chi connectivity index (χ3v) is 4.00. The van der Waals surface area contributed by atoms with E-state index in [0.29, 0.717) is 6.54 Å². The second-order valence-corrected chi connectivity index (χ2v) is 5.82. The number of nitrogen functional groups attached to an aromatic ring is 1. The van der Waals surface area contributed by atoms with E-state index in [4.69, 9.17) is 5.73 Å². The van der Waals surface area contributed by atoms with Crippen LogP contribution in [0.25, 0.3) is 0 Å². The van der Waals surface area contributed by atoms with E-state index in [2.05, 4.69) is 10.0 Å². The number of carbonyl (C=O) groups is 1. The fourth-order valence-corrected chi connectivity index (χ4v) is 2.75. The van der Waals surface area contributed by atoms with Gasteiger partial charge in [0.25, 0.3) is 5.69 Å². The molecule has 0 spiro atoms. The SMILES string of the molecule is CCNC(=O)CCNS(=O)(=O)c1ccc(N)cc1[N+](=O)[O-]. The molecule has 1 aromatic rings. The monoisotopic (exact) mass is 316 g/mol. The van der Waals surface area contributed by atoms with Gasteiger partial charge in [-0.2, -0.15) is 0 Å². The average molecular weight is 316 g/mol. The number of nitrogens with one attached hydrogen (secondary N) is 2. The first-order valence-electron chi connectivity index (χ1n) is 6.08. The standard InChI is InChI=1S/C11H16N4O5S/c1-2-13-11(16)5-6-14-21(19,20)10-4-3-8(12)7-9(10)15(17)18/h3-4,7,14H,2,5-6,12H2,1H3,(H,13,16). The van der Waals surface area contributed by atoms with Crippen LogP contribution in [0, 0.1) is 10.1 Å². The minimum atomic E-state index is -4.09. The fourth-order valence-electron chi connectivity index (χ4n) is 1.57. The molecule has 0 saturated heterocycles. The number of sulfonamides is 1. The summed E-state index contributed by atoms with van der Waals surface area (Å²) in [5.74, 6) is -0.313. The normalized spacial score (nSPS) is 11.1. The van der Waals surface area contributed by atoms with E-state index in [0.717, 1.165) is 12.1 Å². The Morgan fingerprint density at radius 2 is 2.10 bits per heavy atom. The number of nitro benzene ring substituents is 1. The summed E-state index contributed by atoms with van der Waals surface area (Å²) in [7, 11) is -4.09. The fraction of sp³-hybridized carbons (Fsp3) is 0.364. The quantitative estimate of drug-likeness (QED) is 0.366. The molecule has 0 aliphatic heterocycles. The van der Waals surface area contributed by atoms with Crippen molar-refractivity contribution in [1.82, 2.24) is 10.0 Å². The van der Waals surface area contributed by atoms with Gasteiger partial charge in [0.05, 0.1) is 4.92 Å². The summed E-state index contributed by atoms with van der Waals surface area (Å²) in [5, 5.41) is 13.4. The molecule has 1 rings (SSSR count). The van der Waals surface area contributed by atoms with Crippen molar-refractivity contribution in [3.8, 4) is 0 Å². The molecule has 4 N–H and O–H groups in total. The summed E-state index contributed by atoms with van der Waals surface area (Å²) in [6, 6.07) is 3.28. The van der Waals surface area contributed by atoms with Crippen LogP contribution < -0.4 is 15.8 Å². The summed E-state index contributed by atoms with van der Waals surface area (Å²) in [4.78, 5) is 20.8. The Kier molecular flexibility index (Phi) is 5.61. The van der Waals surface area contributed by atoms with Crippen LogP contribution >= 0.6 is 0 Å². The lowest BCUT2D eigenvalue weighted by Gasteiger charge is -2.07. The lowest BCUT2D eigenvalue weighted by atomic mass is 10.3. The Hall–Kier alpha value is -2.20. The van der Waals surface area contributed by atoms with Crippen LogP contribution in [0.3, 0.4) is 0 Å². The second-order valence-electron chi connectivity index (χ2n) is 4.09. The van der Waals surface area contributed by atoms with Crippen LogP contribution in [-0.2, 0) is 14.8 Å². The Balaban J connectivity index is 2.88. The van der Waals surface area contributed by atoms with Crippen molar-refractivity contribution in [1.29, 1.82) is 0 Å². The zero-order chi connectivity index (χ0) is 16.0. The molecule has 0 unspecified atom stereocenters. The molecule has 0 aliphatic rings. The van der Waals surface area contributed by atoms with E-state index in [-0.39, 0.29) is 24.6 Å². The highest BCUT2D eigenvalue weighted by molar-refractivity contribution is 7.89. The summed E-state index contributed by atoms with van der Waals surface area (Å²) >= 11 is 0. The van der Waals surface area contributed by atoms with Crippen LogP contribution in [0.1, 0.15) is 13.3 Å². The molecule has 9 nitrogen and oxygen atoms in total. The van der Waals surface area contributed by atoms with Gasteiger partial charge in [-0.25, -0.2) is 13.1 Å². The van der Waals surface area contributed by atoms with Crippen LogP contribution in [0.15, 0.2) is 23.1 Å². The lowest BCUT2D eigenvalue weighted by molar-refractivity contribution is -0.387. The van der Waals surface area contributed by atoms with E-state index < -0.39 is 25.5 Å². The van der Waals surface area contributed by atoms with Gasteiger partial charge in [-0.3, -0.25) is 14.9 Å². The maximum atomic E-state index is 12.0. The Morgan fingerprint density at radius 3 is 2.67 bits per heavy atom. The van der Waals surface area contributed by atoms with Crippen molar-refractivity contribution < 1.29 is 18.1 Å². The zero-order valence-electron chi connectivity index (χ0n) is 11.3. The number of nitrogens with zero attached hydrogens (tertiary/aromatic N) is 1. The van der Waals surface area contributed by atoms with Crippen LogP contribution in [-0.4, -0.2) is 32.3 Å². The molecule has 0 atom stereocenters. The number of hydrogen-bond donors (Lipinski definition) is 3. The number of rotatable bonds is 7. The van der Waals surface area contributed by atoms with Gasteiger partial charge in [-0.1, -0.05) is 0 Å². The predicted molar refractivity (Wildman–Crippen MR) is 76.0 cm³/mol. The maximum absolute atomic E-state index is 12.0. The number of nitrogens with two attached hydrogens (primary N) is 1. The molecule has 0 bridgehead atoms. The van der Waals surface area contributed by atoms with Crippen LogP contribution in [0.5, 0.6) is 0 Å². The van der Waals surface area contributed by atoms with Crippen LogP contribution in [0.4, 0.5) is 11.4 Å². The molecule has 0 radical (unpaired) electrons. The molecular weight excluding hydrogens is 300 g/mol. The Bertz CT molecular complexity index is 644. The van der Waals surface area contributed by atoms with E-state index in [1.165, 1.54) is 6.07 Å². The molecule has 0 saturated carbocycles. The third-order valence-electron chi connectivity index (χ3n) is 2.49. The first-order chi connectivity index (χ1) is 9.77. The van der Waals surface area contributed by atoms with E-state index in [1.54, 1.807) is 6.92 Å². The average Bonchev–Trinajstić information content (AvgIpc) is 2.38. The summed E-state index contributed by atoms with van der Waals surface area (Å²) in [5.41, 5.74) is 4.88. The van der Waals surface area contributed by atoms with Crippen molar-refractivity contribution in [3.63, 3.8) is 0 Å². The van der Waals surface area contributed by atoms with E-state index in [9.17, 15) is 23.3 Å². The van der Waals surface area contributed by atoms with Gasteiger partial charge in [0.15, 0.2) is 4.90 Å². The summed E-state index contributed by atoms with van der Waals surface area (Å²) in [6.07, 6.45) is -0.0597. The van der Waals surface area contributed by atoms with Crippen LogP contribution in [0.2, 0.25) is 0 Å². The molecule has 21 heavy (non-hydrogen) atoms. The van der Waals surface area contributed by atoms with Crippen molar-refractivity contribution in [2.24, 2.45) is 0 Å². The van der Waals surface area contributed by atoms with Crippen molar-refractivity contribution in [3.05, 3.63) is 28.3 Å². The van der Waals surface area contributed by atoms with Crippen molar-refractivity contribution in [2.75, 3.05) is 18.8 Å². The molecule has 0 heterocycles. The highest BCUT2D eigenvalue weighted by atomic mass is 32.2. The topological polar surface area (TPSA) is 144 Å². The van der Waals surface area contributed by atoms with Gasteiger partial charge < -0.3 is 11.1 Å².